The highest BCUT2D eigenvalue weighted by atomic mass is 31.2. The predicted octanol–water partition coefficient (Wildman–Crippen LogP) is 30.5. The highest BCUT2D eigenvalue weighted by molar-refractivity contribution is 7.47. The maximum absolute atomic E-state index is 13.0. The molecule has 0 rings (SSSR count). The number of hydrogen-bond acceptors (Lipinski definition) is 14. The van der Waals surface area contributed by atoms with Gasteiger partial charge in [0.2, 0.25) is 0 Å². The molecule has 0 aromatic rings. The van der Waals surface area contributed by atoms with Gasteiger partial charge in [0.25, 0.3) is 0 Å². The lowest BCUT2D eigenvalue weighted by atomic mass is 10.0. The molecule has 696 valence electrons. The zero-order valence-electron chi connectivity index (χ0n) is 76.9. The van der Waals surface area contributed by atoms with E-state index in [4.69, 9.17) is 32.3 Å². The third-order valence-electron chi connectivity index (χ3n) is 20.7. The van der Waals surface area contributed by atoms with Crippen molar-refractivity contribution in [1.82, 2.24) is 0 Å². The number of esters is 3. The van der Waals surface area contributed by atoms with Crippen LogP contribution in [0.4, 0.5) is 0 Å². The Hall–Kier alpha value is -4.83. The Kier molecular flexibility index (Phi) is 90.5. The number of unbranched alkanes of at least 4 members (excludes halogenated alkanes) is 43. The second-order valence-corrected chi connectivity index (χ2v) is 35.4. The summed E-state index contributed by atoms with van der Waals surface area (Å²) >= 11 is 0. The minimum absolute atomic E-state index is 0.0890. The number of carbonyl (C=O) groups excluding carboxylic acids is 3. The molecule has 0 saturated heterocycles. The number of carbonyl (C=O) groups is 3. The Morgan fingerprint density at radius 3 is 0.694 bits per heavy atom. The molecule has 0 amide bonds. The molecule has 0 spiro atoms. The minimum Gasteiger partial charge on any atom is -0.463 e. The van der Waals surface area contributed by atoms with Crippen LogP contribution in [-0.2, 0) is 55.8 Å². The van der Waals surface area contributed by atoms with E-state index in [9.17, 15) is 43.5 Å². The summed E-state index contributed by atoms with van der Waals surface area (Å²) in [5.41, 5.74) is 0. The maximum atomic E-state index is 13.0. The highest BCUT2D eigenvalue weighted by Gasteiger charge is 2.30. The fourth-order valence-corrected chi connectivity index (χ4v) is 15.0. The van der Waals surface area contributed by atoms with Crippen molar-refractivity contribution in [1.29, 1.82) is 0 Å². The molecule has 0 aromatic carbocycles. The second-order valence-electron chi connectivity index (χ2n) is 32.5. The molecular formula is C103H178O16P2. The molecule has 0 aromatic heterocycles. The van der Waals surface area contributed by atoms with Gasteiger partial charge in [0, 0.05) is 19.3 Å². The number of hydrogen-bond donors (Lipinski definition) is 4. The van der Waals surface area contributed by atoms with Crippen LogP contribution >= 0.6 is 15.6 Å². The highest BCUT2D eigenvalue weighted by Crippen LogP contribution is 2.45. The summed E-state index contributed by atoms with van der Waals surface area (Å²) in [5, 5.41) is 20.7. The van der Waals surface area contributed by atoms with Gasteiger partial charge in [0.05, 0.1) is 26.4 Å². The van der Waals surface area contributed by atoms with Crippen LogP contribution in [0, 0.1) is 0 Å². The predicted molar refractivity (Wildman–Crippen MR) is 509 cm³/mol. The largest absolute Gasteiger partial charge is 0.472 e. The summed E-state index contributed by atoms with van der Waals surface area (Å²) in [6, 6.07) is 0. The second kappa shape index (κ2) is 94.3. The number of phosphoric ester groups is 2. The van der Waals surface area contributed by atoms with E-state index in [0.717, 1.165) is 154 Å². The number of allylic oxidation sites excluding steroid dienone is 26. The standard InChI is InChI=1S/C103H178O16P2/c1-4-7-10-13-16-19-22-25-28-30-32-34-36-38-40-42-44-46-48-50-52-54-56-58-60-62-64-66-69-71-74-77-80-83-86-89-101(106)113-92-98(104)93-115-120(109,110)116-94-99(105)95-117-121(111,112)118-97-100(119-103(108)91-88-85-82-79-76-73-68-27-24-21-18-15-12-9-6-3)96-114-102(107)90-87-84-81-78-75-72-70-67-65-63-61-59-57-55-53-51-49-47-45-43-41-39-37-35-33-31-29-26-23-20-17-14-11-8-5-2/h7-8,10-11,16-21,25-29,32-35,38-41,44,46,68,98-100,104-105H,4-6,9,12-15,22-24,30-31,36-37,42-43,45,47-67,69-97H2,1-3H3,(H,109,110)(H,111,112)/b10-7-,11-8-,19-16-,20-17-,21-18-,28-25-,29-26-,34-32-,35-33-,40-38-,41-39-,46-44-,68-27-. The first-order valence-electron chi connectivity index (χ1n) is 48.8. The molecule has 18 heteroatoms. The Morgan fingerprint density at radius 1 is 0.240 bits per heavy atom. The number of ether oxygens (including phenoxy) is 3. The zero-order chi connectivity index (χ0) is 87.9. The van der Waals surface area contributed by atoms with Gasteiger partial charge in [-0.1, -0.05) is 410 Å². The number of aliphatic hydroxyl groups is 2. The first-order chi connectivity index (χ1) is 59.2. The van der Waals surface area contributed by atoms with E-state index < -0.39 is 91.5 Å². The molecule has 0 bridgehead atoms. The lowest BCUT2D eigenvalue weighted by molar-refractivity contribution is -0.161. The lowest BCUT2D eigenvalue weighted by Gasteiger charge is -2.21. The van der Waals surface area contributed by atoms with Gasteiger partial charge >= 0.3 is 33.6 Å². The van der Waals surface area contributed by atoms with Crippen molar-refractivity contribution in [2.45, 2.75) is 437 Å². The van der Waals surface area contributed by atoms with Crippen LogP contribution in [0.25, 0.3) is 0 Å². The molecular weight excluding hydrogens is 1560 g/mol. The summed E-state index contributed by atoms with van der Waals surface area (Å²) in [7, 11) is -9.81. The van der Waals surface area contributed by atoms with Gasteiger partial charge in [0.1, 0.15) is 25.4 Å². The van der Waals surface area contributed by atoms with Gasteiger partial charge in [-0.25, -0.2) is 9.13 Å². The van der Waals surface area contributed by atoms with Crippen molar-refractivity contribution in [3.63, 3.8) is 0 Å². The monoisotopic (exact) mass is 1730 g/mol. The van der Waals surface area contributed by atoms with Gasteiger partial charge in [0.15, 0.2) is 6.10 Å². The van der Waals surface area contributed by atoms with E-state index in [1.54, 1.807) is 0 Å². The van der Waals surface area contributed by atoms with E-state index in [-0.39, 0.29) is 19.3 Å². The molecule has 0 heterocycles. The summed E-state index contributed by atoms with van der Waals surface area (Å²) in [5.74, 6) is -1.57. The van der Waals surface area contributed by atoms with Crippen molar-refractivity contribution in [3.8, 4) is 0 Å². The molecule has 121 heavy (non-hydrogen) atoms. The van der Waals surface area contributed by atoms with Crippen molar-refractivity contribution >= 4 is 33.6 Å². The summed E-state index contributed by atoms with van der Waals surface area (Å²) in [4.78, 5) is 59.0. The summed E-state index contributed by atoms with van der Waals surface area (Å²) < 4.78 is 61.5. The van der Waals surface area contributed by atoms with E-state index in [1.807, 2.05) is 0 Å². The van der Waals surface area contributed by atoms with Crippen LogP contribution in [0.2, 0.25) is 0 Å². The van der Waals surface area contributed by atoms with Crippen molar-refractivity contribution in [2.75, 3.05) is 39.6 Å². The van der Waals surface area contributed by atoms with E-state index in [2.05, 4.69) is 179 Å². The van der Waals surface area contributed by atoms with E-state index >= 15 is 0 Å². The molecule has 0 saturated carbocycles. The van der Waals surface area contributed by atoms with Crippen LogP contribution < -0.4 is 0 Å². The fourth-order valence-electron chi connectivity index (χ4n) is 13.4. The SMILES string of the molecule is CC/C=C\C/C=C\C/C=C\C/C=C\C/C=C\C/C=C\CCCCCCCCCCCCCCCCCCC(=O)OCC(O)COP(=O)(O)OCC(O)COP(=O)(O)OCC(COC(=O)CCCCCCCCCCCCCCCCCCCCC/C=C\C/C=C\C/C=C\C/C=C\C/C=C\CC)OC(=O)CCCCCCC/C=C\C/C=C\CCCCC. The normalized spacial score (nSPS) is 14.4. The molecule has 4 N–H and O–H groups in total. The molecule has 0 radical (unpaired) electrons. The van der Waals surface area contributed by atoms with E-state index in [0.29, 0.717) is 19.3 Å². The number of phosphoric acid groups is 2. The van der Waals surface area contributed by atoms with Crippen molar-refractivity contribution < 1.29 is 75.8 Å². The van der Waals surface area contributed by atoms with E-state index in [1.165, 1.54) is 205 Å². The number of aliphatic hydroxyl groups excluding tert-OH is 2. The maximum Gasteiger partial charge on any atom is 0.472 e. The fraction of sp³-hybridized carbons (Fsp3) is 0.718. The zero-order valence-corrected chi connectivity index (χ0v) is 78.7. The summed E-state index contributed by atoms with van der Waals surface area (Å²) in [6.45, 7) is 2.47. The van der Waals surface area contributed by atoms with Crippen LogP contribution in [0.15, 0.2) is 158 Å². The van der Waals surface area contributed by atoms with Crippen LogP contribution in [0.3, 0.4) is 0 Å². The third kappa shape index (κ3) is 95.7. The van der Waals surface area contributed by atoms with Gasteiger partial charge < -0.3 is 34.2 Å². The Morgan fingerprint density at radius 2 is 0.438 bits per heavy atom. The van der Waals surface area contributed by atoms with Crippen molar-refractivity contribution in [2.24, 2.45) is 0 Å². The first-order valence-corrected chi connectivity index (χ1v) is 51.8. The Balaban J connectivity index is 4.40. The average molecular weight is 1730 g/mol. The Bertz CT molecular complexity index is 2830. The molecule has 0 fully saturated rings. The molecule has 16 nitrogen and oxygen atoms in total. The topological polar surface area (TPSA) is 231 Å². The molecule has 0 aliphatic carbocycles. The molecule has 0 aliphatic heterocycles. The average Bonchev–Trinajstić information content (AvgIpc) is 0.890. The molecule has 5 unspecified atom stereocenters. The smallest absolute Gasteiger partial charge is 0.463 e. The minimum atomic E-state index is -4.94. The number of rotatable bonds is 92. The third-order valence-corrected chi connectivity index (χ3v) is 22.6. The lowest BCUT2D eigenvalue weighted by Crippen LogP contribution is -2.30. The first kappa shape index (κ1) is 116. The van der Waals surface area contributed by atoms with Crippen molar-refractivity contribution in [3.05, 3.63) is 158 Å². The van der Waals surface area contributed by atoms with Crippen LogP contribution in [-0.4, -0.2) is 95.9 Å². The van der Waals surface area contributed by atoms with Crippen LogP contribution in [0.1, 0.15) is 419 Å². The van der Waals surface area contributed by atoms with Gasteiger partial charge in [-0.3, -0.25) is 32.5 Å². The quantitative estimate of drug-likeness (QED) is 0.0146. The molecule has 0 aliphatic rings. The van der Waals surface area contributed by atoms with Gasteiger partial charge in [-0.05, 0) is 148 Å². The molecule has 5 atom stereocenters. The summed E-state index contributed by atoms with van der Waals surface area (Å²) in [6.07, 6.45) is 122. The van der Waals surface area contributed by atoms with Gasteiger partial charge in [-0.15, -0.1) is 0 Å². The van der Waals surface area contributed by atoms with Crippen LogP contribution in [0.5, 0.6) is 0 Å². The Labute approximate surface area is 740 Å². The van der Waals surface area contributed by atoms with Gasteiger partial charge in [-0.2, -0.15) is 0 Å².